The molecular weight excluding hydrogens is 292 g/mol. The van der Waals surface area contributed by atoms with Crippen molar-refractivity contribution in [1.82, 2.24) is 9.97 Å². The number of halogens is 6. The van der Waals surface area contributed by atoms with E-state index in [0.29, 0.717) is 6.07 Å². The van der Waals surface area contributed by atoms with Gasteiger partial charge in [0, 0.05) is 19.7 Å². The zero-order valence-corrected chi connectivity index (χ0v) is 10.2. The highest BCUT2D eigenvalue weighted by atomic mass is 19.4. The van der Waals surface area contributed by atoms with Gasteiger partial charge in [0.2, 0.25) is 5.95 Å². The van der Waals surface area contributed by atoms with Crippen LogP contribution in [0.25, 0.3) is 0 Å². The van der Waals surface area contributed by atoms with E-state index in [1.54, 1.807) is 0 Å². The Bertz CT molecular complexity index is 457. The van der Waals surface area contributed by atoms with Crippen LogP contribution in [0.1, 0.15) is 12.1 Å². The molecule has 1 heterocycles. The predicted molar refractivity (Wildman–Crippen MR) is 58.8 cm³/mol. The molecular formula is C9H11F6N5. The molecule has 0 radical (unpaired) electrons. The zero-order valence-electron chi connectivity index (χ0n) is 10.2. The number of nitrogens with zero attached hydrogens (tertiary/aromatic N) is 3. The highest BCUT2D eigenvalue weighted by molar-refractivity contribution is 5.44. The Balaban J connectivity index is 2.99. The number of nitrogens with two attached hydrogens (primary N) is 1. The van der Waals surface area contributed by atoms with Crippen molar-refractivity contribution >= 4 is 11.8 Å². The summed E-state index contributed by atoms with van der Waals surface area (Å²) in [6.45, 7) is -0.540. The first-order valence-electron chi connectivity index (χ1n) is 5.23. The number of hydrogen-bond donors (Lipinski definition) is 2. The Labute approximate surface area is 109 Å². The Hall–Kier alpha value is -1.78. The molecule has 3 N–H and O–H groups in total. The molecule has 1 rings (SSSR count). The zero-order chi connectivity index (χ0) is 15.6. The van der Waals surface area contributed by atoms with Crippen LogP contribution in [-0.2, 0) is 6.18 Å². The number of rotatable bonds is 4. The minimum atomic E-state index is -4.76. The third-order valence-corrected chi connectivity index (χ3v) is 2.25. The van der Waals surface area contributed by atoms with Gasteiger partial charge in [0.15, 0.2) is 5.69 Å². The summed E-state index contributed by atoms with van der Waals surface area (Å²) in [7, 11) is 1.19. The average molecular weight is 303 g/mol. The molecule has 20 heavy (non-hydrogen) atoms. The summed E-state index contributed by atoms with van der Waals surface area (Å²) < 4.78 is 73.9. The van der Waals surface area contributed by atoms with Gasteiger partial charge in [-0.2, -0.15) is 31.3 Å². The molecule has 0 spiro atoms. The van der Waals surface area contributed by atoms with E-state index >= 15 is 0 Å². The number of nitrogen functional groups attached to an aromatic ring is 1. The molecule has 0 aliphatic rings. The molecule has 0 fully saturated rings. The number of hydrazine groups is 1. The molecule has 1 aromatic heterocycles. The van der Waals surface area contributed by atoms with Gasteiger partial charge < -0.3 is 4.90 Å². The lowest BCUT2D eigenvalue weighted by atomic mass is 10.3. The Morgan fingerprint density at radius 1 is 1.20 bits per heavy atom. The molecule has 0 bridgehead atoms. The van der Waals surface area contributed by atoms with Gasteiger partial charge in [0.1, 0.15) is 5.82 Å². The van der Waals surface area contributed by atoms with Crippen LogP contribution < -0.4 is 16.2 Å². The van der Waals surface area contributed by atoms with Gasteiger partial charge in [-0.25, -0.2) is 10.8 Å². The van der Waals surface area contributed by atoms with Crippen molar-refractivity contribution < 1.29 is 26.3 Å². The maximum atomic E-state index is 12.6. The standard InChI is InChI=1S/C9H11F6N5/c1-20(3-2-8(10,11)12)6-4-5(9(13,14)15)17-7(18-6)19-16/h4H,2-3,16H2,1H3,(H,17,18,19). The molecule has 5 nitrogen and oxygen atoms in total. The van der Waals surface area contributed by atoms with E-state index in [4.69, 9.17) is 5.84 Å². The van der Waals surface area contributed by atoms with Gasteiger partial charge in [-0.1, -0.05) is 0 Å². The van der Waals surface area contributed by atoms with E-state index in [-0.39, 0.29) is 5.82 Å². The third kappa shape index (κ3) is 4.72. The Morgan fingerprint density at radius 3 is 2.25 bits per heavy atom. The third-order valence-electron chi connectivity index (χ3n) is 2.25. The first-order valence-corrected chi connectivity index (χ1v) is 5.23. The monoisotopic (exact) mass is 303 g/mol. The summed E-state index contributed by atoms with van der Waals surface area (Å²) in [5.41, 5.74) is 0.539. The smallest absolute Gasteiger partial charge is 0.359 e. The van der Waals surface area contributed by atoms with Crippen LogP contribution in [0.3, 0.4) is 0 Å². The summed E-state index contributed by atoms with van der Waals surface area (Å²) >= 11 is 0. The maximum absolute atomic E-state index is 12.6. The van der Waals surface area contributed by atoms with E-state index < -0.39 is 37.0 Å². The number of nitrogens with one attached hydrogen (secondary N) is 1. The molecule has 0 aliphatic heterocycles. The first kappa shape index (κ1) is 16.3. The van der Waals surface area contributed by atoms with Crippen molar-refractivity contribution in [2.75, 3.05) is 23.9 Å². The van der Waals surface area contributed by atoms with Crippen LogP contribution in [-0.4, -0.2) is 29.7 Å². The summed E-state index contributed by atoms with van der Waals surface area (Å²) in [6.07, 6.45) is -10.3. The van der Waals surface area contributed by atoms with E-state index in [1.165, 1.54) is 7.05 Å². The quantitative estimate of drug-likeness (QED) is 0.507. The lowest BCUT2D eigenvalue weighted by Gasteiger charge is -2.20. The van der Waals surface area contributed by atoms with Crippen molar-refractivity contribution in [3.05, 3.63) is 11.8 Å². The highest BCUT2D eigenvalue weighted by Crippen LogP contribution is 2.30. The van der Waals surface area contributed by atoms with E-state index in [1.807, 2.05) is 5.43 Å². The lowest BCUT2D eigenvalue weighted by molar-refractivity contribution is -0.141. The van der Waals surface area contributed by atoms with Crippen molar-refractivity contribution in [1.29, 1.82) is 0 Å². The van der Waals surface area contributed by atoms with Crippen LogP contribution in [0.4, 0.5) is 38.1 Å². The van der Waals surface area contributed by atoms with Crippen molar-refractivity contribution in [3.8, 4) is 0 Å². The highest BCUT2D eigenvalue weighted by Gasteiger charge is 2.34. The average Bonchev–Trinajstić information content (AvgIpc) is 2.33. The maximum Gasteiger partial charge on any atom is 0.433 e. The summed E-state index contributed by atoms with van der Waals surface area (Å²) in [5, 5.41) is 0. The second kappa shape index (κ2) is 5.69. The fraction of sp³-hybridized carbons (Fsp3) is 0.556. The van der Waals surface area contributed by atoms with Gasteiger partial charge >= 0.3 is 12.4 Å². The van der Waals surface area contributed by atoms with Gasteiger partial charge in [-0.15, -0.1) is 0 Å². The number of alkyl halides is 6. The van der Waals surface area contributed by atoms with Gasteiger partial charge in [-0.3, -0.25) is 5.43 Å². The normalized spacial score (nSPS) is 12.4. The number of aromatic nitrogens is 2. The van der Waals surface area contributed by atoms with Crippen LogP contribution in [0.2, 0.25) is 0 Å². The largest absolute Gasteiger partial charge is 0.433 e. The van der Waals surface area contributed by atoms with Gasteiger partial charge in [0.05, 0.1) is 6.42 Å². The minimum Gasteiger partial charge on any atom is -0.359 e. The number of hydrogen-bond acceptors (Lipinski definition) is 5. The molecule has 0 atom stereocenters. The summed E-state index contributed by atoms with van der Waals surface area (Å²) in [5.74, 6) is 4.08. The lowest BCUT2D eigenvalue weighted by Crippen LogP contribution is -2.26. The molecule has 0 aliphatic carbocycles. The Kier molecular flexibility index (Phi) is 4.63. The molecule has 0 saturated carbocycles. The molecule has 0 aromatic carbocycles. The van der Waals surface area contributed by atoms with E-state index in [2.05, 4.69) is 9.97 Å². The van der Waals surface area contributed by atoms with Gasteiger partial charge in [0.25, 0.3) is 0 Å². The second-order valence-electron chi connectivity index (χ2n) is 3.86. The summed E-state index contributed by atoms with van der Waals surface area (Å²) in [6, 6.07) is 0.553. The van der Waals surface area contributed by atoms with Gasteiger partial charge in [-0.05, 0) is 0 Å². The van der Waals surface area contributed by atoms with Crippen molar-refractivity contribution in [3.63, 3.8) is 0 Å². The molecule has 0 unspecified atom stereocenters. The minimum absolute atomic E-state index is 0.315. The van der Waals surface area contributed by atoms with Crippen LogP contribution in [0, 0.1) is 0 Å². The van der Waals surface area contributed by atoms with Crippen LogP contribution in [0.15, 0.2) is 6.07 Å². The molecule has 0 amide bonds. The molecule has 0 saturated heterocycles. The molecule has 114 valence electrons. The summed E-state index contributed by atoms with van der Waals surface area (Å²) in [4.78, 5) is 7.61. The SMILES string of the molecule is CN(CCC(F)(F)F)c1cc(C(F)(F)F)nc(NN)n1. The van der Waals surface area contributed by atoms with E-state index in [9.17, 15) is 26.3 Å². The fourth-order valence-corrected chi connectivity index (χ4v) is 1.25. The predicted octanol–water partition coefficient (Wildman–Crippen LogP) is 2.17. The number of anilines is 2. The molecule has 11 heteroatoms. The Morgan fingerprint density at radius 2 is 1.80 bits per heavy atom. The topological polar surface area (TPSA) is 67.1 Å². The second-order valence-corrected chi connectivity index (χ2v) is 3.86. The molecule has 1 aromatic rings. The van der Waals surface area contributed by atoms with Crippen LogP contribution >= 0.6 is 0 Å². The first-order chi connectivity index (χ1) is 9.03. The van der Waals surface area contributed by atoms with E-state index in [0.717, 1.165) is 4.90 Å². The van der Waals surface area contributed by atoms with Crippen molar-refractivity contribution in [2.45, 2.75) is 18.8 Å². The fourth-order valence-electron chi connectivity index (χ4n) is 1.25. The van der Waals surface area contributed by atoms with Crippen LogP contribution in [0.5, 0.6) is 0 Å². The van der Waals surface area contributed by atoms with Crippen molar-refractivity contribution in [2.24, 2.45) is 5.84 Å².